The second-order valence-electron chi connectivity index (χ2n) is 9.04. The lowest BCUT2D eigenvalue weighted by Gasteiger charge is -2.30. The normalized spacial score (nSPS) is 24.1. The third-order valence-electron chi connectivity index (χ3n) is 6.92. The van der Waals surface area contributed by atoms with Crippen molar-refractivity contribution in [3.05, 3.63) is 59.4 Å². The average molecular weight is 438 g/mol. The molecule has 2 amide bonds. The maximum absolute atomic E-state index is 14.1. The summed E-state index contributed by atoms with van der Waals surface area (Å²) >= 11 is 0. The van der Waals surface area contributed by atoms with Crippen LogP contribution in [0, 0.1) is 5.82 Å². The van der Waals surface area contributed by atoms with Gasteiger partial charge in [0.05, 0.1) is 0 Å². The number of hydrogen-bond acceptors (Lipinski definition) is 4. The molecular formula is C25H27FN2O4. The molecule has 2 fully saturated rings. The van der Waals surface area contributed by atoms with Gasteiger partial charge < -0.3 is 19.7 Å². The van der Waals surface area contributed by atoms with Gasteiger partial charge >= 0.3 is 0 Å². The smallest absolute Gasteiger partial charge is 0.231 e. The summed E-state index contributed by atoms with van der Waals surface area (Å²) in [7, 11) is 0. The standard InChI is InChI=1S/C25H27FN2O4/c26-20-4-2-1-3-19(20)18-9-12-28(15-18)24(30)8-11-25(10-7-23(29)27-25)14-17-5-6-21-22(13-17)32-16-31-21/h1-6,13,18H,7-12,14-16H2,(H,27,29)/t18-,25-/m1/s1. The second-order valence-corrected chi connectivity index (χ2v) is 9.04. The van der Waals surface area contributed by atoms with Crippen LogP contribution in [0.2, 0.25) is 0 Å². The minimum Gasteiger partial charge on any atom is -0.454 e. The zero-order valence-electron chi connectivity index (χ0n) is 17.9. The Kier molecular flexibility index (Phi) is 5.49. The number of benzene rings is 2. The Hall–Kier alpha value is -3.09. The Morgan fingerprint density at radius 3 is 2.84 bits per heavy atom. The molecule has 0 radical (unpaired) electrons. The van der Waals surface area contributed by atoms with Gasteiger partial charge in [-0.2, -0.15) is 0 Å². The minimum absolute atomic E-state index is 0.0268. The number of amides is 2. The van der Waals surface area contributed by atoms with Crippen molar-refractivity contribution in [1.82, 2.24) is 10.2 Å². The second kappa shape index (κ2) is 8.45. The van der Waals surface area contributed by atoms with Crippen LogP contribution >= 0.6 is 0 Å². The molecule has 3 heterocycles. The van der Waals surface area contributed by atoms with Crippen molar-refractivity contribution in [1.29, 1.82) is 0 Å². The van der Waals surface area contributed by atoms with Crippen LogP contribution in [0.3, 0.4) is 0 Å². The van der Waals surface area contributed by atoms with Crippen LogP contribution < -0.4 is 14.8 Å². The third-order valence-corrected chi connectivity index (χ3v) is 6.92. The first-order chi connectivity index (χ1) is 15.5. The number of carbonyl (C=O) groups is 2. The largest absolute Gasteiger partial charge is 0.454 e. The third kappa shape index (κ3) is 4.16. The number of rotatable bonds is 6. The number of halogens is 1. The van der Waals surface area contributed by atoms with Crippen LogP contribution in [0.5, 0.6) is 11.5 Å². The number of nitrogens with zero attached hydrogens (tertiary/aromatic N) is 1. The fraction of sp³-hybridized carbons (Fsp3) is 0.440. The van der Waals surface area contributed by atoms with E-state index in [-0.39, 0.29) is 30.3 Å². The number of nitrogens with one attached hydrogen (secondary N) is 1. The van der Waals surface area contributed by atoms with E-state index in [0.717, 1.165) is 17.7 Å². The first-order valence-electron chi connectivity index (χ1n) is 11.2. The molecule has 2 atom stereocenters. The Balaban J connectivity index is 1.23. The van der Waals surface area contributed by atoms with Crippen LogP contribution in [-0.4, -0.2) is 42.1 Å². The lowest BCUT2D eigenvalue weighted by Crippen LogP contribution is -2.44. The Labute approximate surface area is 186 Å². The van der Waals surface area contributed by atoms with Crippen molar-refractivity contribution in [2.75, 3.05) is 19.9 Å². The quantitative estimate of drug-likeness (QED) is 0.749. The van der Waals surface area contributed by atoms with Crippen LogP contribution in [0.25, 0.3) is 0 Å². The SMILES string of the molecule is O=C1CC[C@@](CCC(=O)N2CC[C@@H](c3ccccc3F)C2)(Cc2ccc3c(c2)OCO3)N1. The van der Waals surface area contributed by atoms with E-state index in [4.69, 9.17) is 9.47 Å². The molecule has 7 heteroatoms. The number of hydrogen-bond donors (Lipinski definition) is 1. The number of ether oxygens (including phenoxy) is 2. The topological polar surface area (TPSA) is 67.9 Å². The van der Waals surface area contributed by atoms with E-state index in [1.165, 1.54) is 6.07 Å². The zero-order valence-corrected chi connectivity index (χ0v) is 17.9. The van der Waals surface area contributed by atoms with E-state index in [9.17, 15) is 14.0 Å². The summed E-state index contributed by atoms with van der Waals surface area (Å²) in [6.07, 6.45) is 3.51. The van der Waals surface area contributed by atoms with Gasteiger partial charge in [0.1, 0.15) is 5.82 Å². The molecular weight excluding hydrogens is 411 g/mol. The highest BCUT2D eigenvalue weighted by Crippen LogP contribution is 2.36. The van der Waals surface area contributed by atoms with Crippen LogP contribution in [-0.2, 0) is 16.0 Å². The van der Waals surface area contributed by atoms with Gasteiger partial charge in [-0.1, -0.05) is 24.3 Å². The van der Waals surface area contributed by atoms with Crippen molar-refractivity contribution in [3.8, 4) is 11.5 Å². The first kappa shape index (κ1) is 20.8. The number of fused-ring (bicyclic) bond motifs is 1. The predicted molar refractivity (Wildman–Crippen MR) is 116 cm³/mol. The summed E-state index contributed by atoms with van der Waals surface area (Å²) in [5.41, 5.74) is 1.29. The van der Waals surface area contributed by atoms with E-state index in [0.29, 0.717) is 56.5 Å². The van der Waals surface area contributed by atoms with Gasteiger partial charge in [0.2, 0.25) is 18.6 Å². The highest BCUT2D eigenvalue weighted by molar-refractivity contribution is 5.80. The molecule has 0 aromatic heterocycles. The van der Waals surface area contributed by atoms with E-state index < -0.39 is 5.54 Å². The van der Waals surface area contributed by atoms with Gasteiger partial charge in [0.25, 0.3) is 0 Å². The summed E-state index contributed by atoms with van der Waals surface area (Å²) in [5, 5.41) is 3.14. The summed E-state index contributed by atoms with van der Waals surface area (Å²) in [5.74, 6) is 1.37. The summed E-state index contributed by atoms with van der Waals surface area (Å²) in [6.45, 7) is 1.40. The molecule has 5 rings (SSSR count). The van der Waals surface area contributed by atoms with Gasteiger partial charge in [0.15, 0.2) is 11.5 Å². The van der Waals surface area contributed by atoms with Gasteiger partial charge in [0, 0.05) is 37.4 Å². The highest BCUT2D eigenvalue weighted by Gasteiger charge is 2.39. The van der Waals surface area contributed by atoms with E-state index >= 15 is 0 Å². The Morgan fingerprint density at radius 1 is 1.19 bits per heavy atom. The molecule has 0 spiro atoms. The fourth-order valence-corrected chi connectivity index (χ4v) is 5.17. The summed E-state index contributed by atoms with van der Waals surface area (Å²) in [6, 6.07) is 12.6. The fourth-order valence-electron chi connectivity index (χ4n) is 5.17. The molecule has 2 aromatic carbocycles. The maximum atomic E-state index is 14.1. The molecule has 3 aliphatic heterocycles. The lowest BCUT2D eigenvalue weighted by molar-refractivity contribution is -0.131. The van der Waals surface area contributed by atoms with Crippen molar-refractivity contribution < 1.29 is 23.5 Å². The Bertz CT molecular complexity index is 1040. The molecule has 0 aliphatic carbocycles. The van der Waals surface area contributed by atoms with Gasteiger partial charge in [-0.3, -0.25) is 9.59 Å². The van der Waals surface area contributed by atoms with Gasteiger partial charge in [-0.25, -0.2) is 4.39 Å². The molecule has 2 aromatic rings. The van der Waals surface area contributed by atoms with E-state index in [1.54, 1.807) is 6.07 Å². The molecule has 0 bridgehead atoms. The molecule has 3 aliphatic rings. The van der Waals surface area contributed by atoms with Crippen LogP contribution in [0.15, 0.2) is 42.5 Å². The maximum Gasteiger partial charge on any atom is 0.231 e. The molecule has 6 nitrogen and oxygen atoms in total. The molecule has 2 saturated heterocycles. The zero-order chi connectivity index (χ0) is 22.1. The minimum atomic E-state index is -0.439. The molecule has 0 saturated carbocycles. The molecule has 32 heavy (non-hydrogen) atoms. The monoisotopic (exact) mass is 438 g/mol. The van der Waals surface area contributed by atoms with Gasteiger partial charge in [-0.15, -0.1) is 0 Å². The molecule has 1 N–H and O–H groups in total. The van der Waals surface area contributed by atoms with Crippen molar-refractivity contribution >= 4 is 11.8 Å². The van der Waals surface area contributed by atoms with Crippen LogP contribution in [0.4, 0.5) is 4.39 Å². The highest BCUT2D eigenvalue weighted by atomic mass is 19.1. The van der Waals surface area contributed by atoms with Crippen molar-refractivity contribution in [3.63, 3.8) is 0 Å². The van der Waals surface area contributed by atoms with Crippen LogP contribution in [0.1, 0.15) is 49.1 Å². The summed E-state index contributed by atoms with van der Waals surface area (Å²) in [4.78, 5) is 26.9. The van der Waals surface area contributed by atoms with E-state index in [2.05, 4.69) is 5.32 Å². The summed E-state index contributed by atoms with van der Waals surface area (Å²) < 4.78 is 25.0. The molecule has 0 unspecified atom stereocenters. The van der Waals surface area contributed by atoms with E-state index in [1.807, 2.05) is 35.2 Å². The number of carbonyl (C=O) groups excluding carboxylic acids is 2. The first-order valence-corrected chi connectivity index (χ1v) is 11.2. The van der Waals surface area contributed by atoms with Crippen molar-refractivity contribution in [2.45, 2.75) is 50.0 Å². The number of likely N-dealkylation sites (tertiary alicyclic amines) is 1. The molecule has 168 valence electrons. The average Bonchev–Trinajstić information content (AvgIpc) is 3.53. The lowest BCUT2D eigenvalue weighted by atomic mass is 9.84. The van der Waals surface area contributed by atoms with Crippen molar-refractivity contribution in [2.24, 2.45) is 0 Å². The van der Waals surface area contributed by atoms with Gasteiger partial charge in [-0.05, 0) is 55.0 Å². The predicted octanol–water partition coefficient (Wildman–Crippen LogP) is 3.54. The Morgan fingerprint density at radius 2 is 2.03 bits per heavy atom.